The number of nitrogens with one attached hydrogen (secondary N) is 2. The minimum absolute atomic E-state index is 0.138. The molecule has 0 bridgehead atoms. The number of para-hydroxylation sites is 1. The van der Waals surface area contributed by atoms with Crippen LogP contribution in [0.15, 0.2) is 136 Å². The highest BCUT2D eigenvalue weighted by Gasteiger charge is 2.32. The van der Waals surface area contributed by atoms with Crippen molar-refractivity contribution in [1.82, 2.24) is 10.6 Å². The van der Waals surface area contributed by atoms with E-state index in [0.29, 0.717) is 6.54 Å². The minimum atomic E-state index is -0.267. The van der Waals surface area contributed by atoms with Gasteiger partial charge in [-0.1, -0.05) is 109 Å². The van der Waals surface area contributed by atoms with Gasteiger partial charge in [-0.3, -0.25) is 10.3 Å². The molecule has 2 aliphatic rings. The van der Waals surface area contributed by atoms with Crippen molar-refractivity contribution in [1.29, 1.82) is 0 Å². The van der Waals surface area contributed by atoms with Crippen LogP contribution in [0, 0.1) is 0 Å². The largest absolute Gasteiger partial charge is 0.458 e. The molecule has 5 heteroatoms. The summed E-state index contributed by atoms with van der Waals surface area (Å²) in [6.07, 6.45) is -0.405. The highest BCUT2D eigenvalue weighted by Crippen LogP contribution is 2.35. The van der Waals surface area contributed by atoms with E-state index in [0.717, 1.165) is 45.0 Å². The van der Waals surface area contributed by atoms with E-state index in [1.165, 1.54) is 32.3 Å². The summed E-state index contributed by atoms with van der Waals surface area (Å²) in [6.45, 7) is 0.518. The van der Waals surface area contributed by atoms with Crippen LogP contribution >= 0.6 is 0 Å². The van der Waals surface area contributed by atoms with Gasteiger partial charge in [-0.15, -0.1) is 0 Å². The SMILES string of the molecule is c1ccc(C2NC(C3=NCc4oc5ccccc5c43)=NC(c3ccc4ccc5c6ccccc6ccc5c4c3)N2)cc1. The zero-order chi connectivity index (χ0) is 27.6. The summed E-state index contributed by atoms with van der Waals surface area (Å²) in [5.74, 6) is 1.67. The number of benzene rings is 6. The van der Waals surface area contributed by atoms with E-state index in [9.17, 15) is 0 Å². The van der Waals surface area contributed by atoms with Crippen molar-refractivity contribution in [3.05, 3.63) is 144 Å². The Kier molecular flexibility index (Phi) is 5.10. The van der Waals surface area contributed by atoms with E-state index in [4.69, 9.17) is 14.4 Å². The third-order valence-electron chi connectivity index (χ3n) is 8.59. The Bertz CT molecular complexity index is 2250. The fourth-order valence-corrected chi connectivity index (χ4v) is 6.56. The molecule has 0 saturated carbocycles. The van der Waals surface area contributed by atoms with Crippen LogP contribution in [0.5, 0.6) is 0 Å². The molecule has 0 radical (unpaired) electrons. The van der Waals surface area contributed by atoms with Crippen LogP contribution in [0.4, 0.5) is 0 Å². The van der Waals surface area contributed by atoms with E-state index in [-0.39, 0.29) is 12.3 Å². The molecule has 2 aliphatic heterocycles. The fourth-order valence-electron chi connectivity index (χ4n) is 6.56. The number of amidine groups is 1. The lowest BCUT2D eigenvalue weighted by atomic mass is 9.95. The molecule has 2 unspecified atom stereocenters. The molecule has 3 heterocycles. The smallest absolute Gasteiger partial charge is 0.151 e. The molecule has 42 heavy (non-hydrogen) atoms. The van der Waals surface area contributed by atoms with Gasteiger partial charge in [-0.05, 0) is 55.6 Å². The first-order chi connectivity index (χ1) is 20.8. The number of aliphatic imine (C=N–C) groups is 2. The molecule has 6 aromatic carbocycles. The average molecular weight is 543 g/mol. The third-order valence-corrected chi connectivity index (χ3v) is 8.59. The van der Waals surface area contributed by atoms with Gasteiger partial charge in [-0.2, -0.15) is 0 Å². The number of rotatable bonds is 3. The van der Waals surface area contributed by atoms with E-state index in [1.807, 2.05) is 24.3 Å². The minimum Gasteiger partial charge on any atom is -0.458 e. The Balaban J connectivity index is 1.20. The molecule has 2 atom stereocenters. The number of fused-ring (bicyclic) bond motifs is 8. The van der Waals surface area contributed by atoms with Crippen LogP contribution < -0.4 is 10.6 Å². The summed E-state index contributed by atoms with van der Waals surface area (Å²) in [4.78, 5) is 10.2. The summed E-state index contributed by atoms with van der Waals surface area (Å²) in [6, 6.07) is 42.9. The van der Waals surface area contributed by atoms with Crippen molar-refractivity contribution in [3.8, 4) is 0 Å². The summed E-state index contributed by atoms with van der Waals surface area (Å²) < 4.78 is 6.16. The maximum absolute atomic E-state index is 6.16. The molecule has 9 rings (SSSR count). The van der Waals surface area contributed by atoms with Crippen LogP contribution in [-0.2, 0) is 6.54 Å². The van der Waals surface area contributed by atoms with Gasteiger partial charge in [0.05, 0.1) is 12.1 Å². The molecular formula is C37H26N4O. The maximum atomic E-state index is 6.16. The molecule has 0 aliphatic carbocycles. The van der Waals surface area contributed by atoms with E-state index < -0.39 is 0 Å². The van der Waals surface area contributed by atoms with Crippen molar-refractivity contribution < 1.29 is 4.42 Å². The van der Waals surface area contributed by atoms with E-state index in [1.54, 1.807) is 0 Å². The van der Waals surface area contributed by atoms with Gasteiger partial charge in [-0.25, -0.2) is 4.99 Å². The molecule has 1 aromatic heterocycles. The molecule has 0 amide bonds. The lowest BCUT2D eigenvalue weighted by Gasteiger charge is -2.32. The average Bonchev–Trinajstić information content (AvgIpc) is 3.64. The van der Waals surface area contributed by atoms with Gasteiger partial charge in [0.2, 0.25) is 0 Å². The summed E-state index contributed by atoms with van der Waals surface area (Å²) in [7, 11) is 0. The van der Waals surface area contributed by atoms with Crippen LogP contribution in [0.3, 0.4) is 0 Å². The lowest BCUT2D eigenvalue weighted by Crippen LogP contribution is -2.47. The second-order valence-corrected chi connectivity index (χ2v) is 11.0. The summed E-state index contributed by atoms with van der Waals surface area (Å²) in [5, 5.41) is 16.0. The summed E-state index contributed by atoms with van der Waals surface area (Å²) in [5.41, 5.74) is 5.04. The number of furan rings is 1. The van der Waals surface area contributed by atoms with Gasteiger partial charge in [0.1, 0.15) is 29.4 Å². The molecular weight excluding hydrogens is 516 g/mol. The Labute approximate surface area is 242 Å². The molecule has 0 spiro atoms. The van der Waals surface area contributed by atoms with E-state index in [2.05, 4.69) is 108 Å². The Hall–Kier alpha value is -5.26. The van der Waals surface area contributed by atoms with Gasteiger partial charge in [0.15, 0.2) is 5.84 Å². The predicted molar refractivity (Wildman–Crippen MR) is 171 cm³/mol. The second kappa shape index (κ2) is 9.13. The molecule has 7 aromatic rings. The van der Waals surface area contributed by atoms with Gasteiger partial charge in [0, 0.05) is 5.39 Å². The van der Waals surface area contributed by atoms with Crippen molar-refractivity contribution in [2.45, 2.75) is 18.9 Å². The first-order valence-electron chi connectivity index (χ1n) is 14.4. The first-order valence-corrected chi connectivity index (χ1v) is 14.4. The van der Waals surface area contributed by atoms with Crippen LogP contribution in [0.1, 0.15) is 34.8 Å². The highest BCUT2D eigenvalue weighted by molar-refractivity contribution is 6.50. The van der Waals surface area contributed by atoms with E-state index >= 15 is 0 Å². The molecule has 200 valence electrons. The standard InChI is InChI=1S/C37H26N4O/c1-2-9-24(10-3-1)35-39-36(41-37(40-35)34-33-29-12-6-7-13-31(29)42-32(33)21-38-34)25-15-14-23-17-18-27-26-11-5-4-8-22(26)16-19-28(27)30(23)20-25/h1-20,35-36,39H,21H2,(H,40,41). The molecule has 0 saturated heterocycles. The van der Waals surface area contributed by atoms with Crippen molar-refractivity contribution in [2.24, 2.45) is 9.98 Å². The van der Waals surface area contributed by atoms with Crippen LogP contribution in [-0.4, -0.2) is 11.5 Å². The lowest BCUT2D eigenvalue weighted by molar-refractivity contribution is 0.411. The quantitative estimate of drug-likeness (QED) is 0.221. The van der Waals surface area contributed by atoms with Gasteiger partial charge < -0.3 is 9.73 Å². The van der Waals surface area contributed by atoms with Crippen LogP contribution in [0.25, 0.3) is 43.3 Å². The Morgan fingerprint density at radius 1 is 0.619 bits per heavy atom. The molecule has 2 N–H and O–H groups in total. The normalized spacial score (nSPS) is 18.3. The predicted octanol–water partition coefficient (Wildman–Crippen LogP) is 8.18. The Morgan fingerprint density at radius 2 is 1.33 bits per heavy atom. The highest BCUT2D eigenvalue weighted by atomic mass is 16.3. The van der Waals surface area contributed by atoms with Crippen molar-refractivity contribution >= 4 is 54.8 Å². The van der Waals surface area contributed by atoms with Crippen molar-refractivity contribution in [3.63, 3.8) is 0 Å². The number of nitrogens with zero attached hydrogens (tertiary/aromatic N) is 2. The van der Waals surface area contributed by atoms with Gasteiger partial charge >= 0.3 is 0 Å². The maximum Gasteiger partial charge on any atom is 0.151 e. The van der Waals surface area contributed by atoms with Gasteiger partial charge in [0.25, 0.3) is 0 Å². The molecule has 0 fully saturated rings. The topological polar surface area (TPSA) is 61.9 Å². The number of hydrogen-bond acceptors (Lipinski definition) is 5. The monoisotopic (exact) mass is 542 g/mol. The first kappa shape index (κ1) is 23.4. The Morgan fingerprint density at radius 3 is 2.21 bits per heavy atom. The fraction of sp³-hybridized carbons (Fsp3) is 0.0811. The zero-order valence-electron chi connectivity index (χ0n) is 22.7. The second-order valence-electron chi connectivity index (χ2n) is 11.0. The van der Waals surface area contributed by atoms with Crippen molar-refractivity contribution in [2.75, 3.05) is 0 Å². The zero-order valence-corrected chi connectivity index (χ0v) is 22.7. The molecule has 5 nitrogen and oxygen atoms in total. The van der Waals surface area contributed by atoms with Crippen LogP contribution in [0.2, 0.25) is 0 Å². The summed E-state index contributed by atoms with van der Waals surface area (Å²) >= 11 is 0. The number of hydrogen-bond donors (Lipinski definition) is 2. The third kappa shape index (κ3) is 3.60.